The number of rotatable bonds is 5. The number of nitrogen functional groups attached to an aromatic ring is 1. The molecule has 5 nitrogen and oxygen atoms in total. The Labute approximate surface area is 102 Å². The summed E-state index contributed by atoms with van der Waals surface area (Å²) >= 11 is 0. The third-order valence-corrected chi connectivity index (χ3v) is 4.16. The van der Waals surface area contributed by atoms with Gasteiger partial charge in [-0.05, 0) is 44.0 Å². The fourth-order valence-corrected chi connectivity index (χ4v) is 3.06. The van der Waals surface area contributed by atoms with Gasteiger partial charge in [0.05, 0.1) is 4.90 Å². The summed E-state index contributed by atoms with van der Waals surface area (Å²) in [4.78, 5) is 0.219. The van der Waals surface area contributed by atoms with Crippen molar-refractivity contribution < 1.29 is 13.5 Å². The van der Waals surface area contributed by atoms with E-state index in [-0.39, 0.29) is 17.5 Å². The average Bonchev–Trinajstić information content (AvgIpc) is 2.15. The molecule has 1 aromatic carbocycles. The minimum atomic E-state index is -3.55. The molecule has 0 radical (unpaired) electrons. The van der Waals surface area contributed by atoms with E-state index >= 15 is 0 Å². The van der Waals surface area contributed by atoms with Gasteiger partial charge in [-0.3, -0.25) is 0 Å². The first-order valence-electron chi connectivity index (χ1n) is 5.36. The molecule has 0 heterocycles. The molecular weight excluding hydrogens is 240 g/mol. The van der Waals surface area contributed by atoms with Crippen LogP contribution in [0.1, 0.15) is 18.9 Å². The Hall–Kier alpha value is -1.11. The number of aliphatic hydroxyl groups excluding tert-OH is 1. The van der Waals surface area contributed by atoms with E-state index in [1.165, 1.54) is 6.07 Å². The highest BCUT2D eigenvalue weighted by Crippen LogP contribution is 2.18. The molecule has 0 aliphatic heterocycles. The number of aliphatic hydroxyl groups is 1. The van der Waals surface area contributed by atoms with Crippen molar-refractivity contribution in [3.63, 3.8) is 0 Å². The lowest BCUT2D eigenvalue weighted by Gasteiger charge is -2.14. The van der Waals surface area contributed by atoms with Gasteiger partial charge in [0.2, 0.25) is 10.0 Å². The maximum absolute atomic E-state index is 12.0. The summed E-state index contributed by atoms with van der Waals surface area (Å²) in [5, 5.41) is 8.74. The van der Waals surface area contributed by atoms with E-state index in [1.807, 2.05) is 0 Å². The van der Waals surface area contributed by atoms with Crippen molar-refractivity contribution in [2.45, 2.75) is 31.2 Å². The van der Waals surface area contributed by atoms with Crippen LogP contribution in [0, 0.1) is 6.92 Å². The lowest BCUT2D eigenvalue weighted by Crippen LogP contribution is -2.33. The summed E-state index contributed by atoms with van der Waals surface area (Å²) < 4.78 is 26.5. The Bertz CT molecular complexity index is 485. The molecule has 96 valence electrons. The minimum Gasteiger partial charge on any atom is -0.399 e. The van der Waals surface area contributed by atoms with Crippen LogP contribution in [0.15, 0.2) is 23.1 Å². The van der Waals surface area contributed by atoms with Crippen molar-refractivity contribution in [1.82, 2.24) is 4.72 Å². The predicted octanol–water partition coefficient (Wildman–Crippen LogP) is 0.626. The topological polar surface area (TPSA) is 92.4 Å². The van der Waals surface area contributed by atoms with E-state index in [0.717, 1.165) is 0 Å². The third kappa shape index (κ3) is 3.69. The van der Waals surface area contributed by atoms with E-state index in [2.05, 4.69) is 4.72 Å². The number of aryl methyl sites for hydroxylation is 1. The molecule has 0 spiro atoms. The molecule has 0 bridgehead atoms. The second-order valence-corrected chi connectivity index (χ2v) is 5.74. The molecule has 0 aliphatic carbocycles. The van der Waals surface area contributed by atoms with Gasteiger partial charge in [0.15, 0.2) is 0 Å². The second kappa shape index (κ2) is 5.48. The SMILES string of the molecule is Cc1cc(N)ccc1S(=O)(=O)NC(C)CCO. The van der Waals surface area contributed by atoms with Gasteiger partial charge in [-0.25, -0.2) is 13.1 Å². The van der Waals surface area contributed by atoms with Gasteiger partial charge in [-0.15, -0.1) is 0 Å². The van der Waals surface area contributed by atoms with Crippen LogP contribution in [0.25, 0.3) is 0 Å². The summed E-state index contributed by atoms with van der Waals surface area (Å²) in [6.07, 6.45) is 0.382. The Morgan fingerprint density at radius 2 is 2.12 bits per heavy atom. The van der Waals surface area contributed by atoms with E-state index in [4.69, 9.17) is 10.8 Å². The van der Waals surface area contributed by atoms with Crippen LogP contribution in [-0.2, 0) is 10.0 Å². The molecule has 1 rings (SSSR count). The molecular formula is C11H18N2O3S. The summed E-state index contributed by atoms with van der Waals surface area (Å²) in [6, 6.07) is 4.35. The average molecular weight is 258 g/mol. The second-order valence-electron chi connectivity index (χ2n) is 4.06. The van der Waals surface area contributed by atoms with Crippen LogP contribution in [-0.4, -0.2) is 26.2 Å². The normalized spacial score (nSPS) is 13.6. The zero-order valence-electron chi connectivity index (χ0n) is 9.97. The monoisotopic (exact) mass is 258 g/mol. The number of nitrogens with two attached hydrogens (primary N) is 1. The molecule has 0 amide bonds. The summed E-state index contributed by atoms with van der Waals surface area (Å²) in [5.41, 5.74) is 6.71. The molecule has 6 heteroatoms. The van der Waals surface area contributed by atoms with Crippen LogP contribution in [0.2, 0.25) is 0 Å². The zero-order chi connectivity index (χ0) is 13.1. The van der Waals surface area contributed by atoms with E-state index in [0.29, 0.717) is 17.7 Å². The van der Waals surface area contributed by atoms with Crippen molar-refractivity contribution in [3.8, 4) is 0 Å². The third-order valence-electron chi connectivity index (χ3n) is 2.41. The zero-order valence-corrected chi connectivity index (χ0v) is 10.8. The standard InChI is InChI=1S/C11H18N2O3S/c1-8-7-10(12)3-4-11(8)17(15,16)13-9(2)5-6-14/h3-4,7,9,13-14H,5-6,12H2,1-2H3. The molecule has 0 saturated carbocycles. The number of hydrogen-bond acceptors (Lipinski definition) is 4. The molecule has 4 N–H and O–H groups in total. The molecule has 1 aromatic rings. The van der Waals surface area contributed by atoms with Crippen LogP contribution < -0.4 is 10.5 Å². The van der Waals surface area contributed by atoms with E-state index < -0.39 is 10.0 Å². The first kappa shape index (κ1) is 14.0. The molecule has 0 aliphatic rings. The van der Waals surface area contributed by atoms with Crippen molar-refractivity contribution in [2.75, 3.05) is 12.3 Å². The van der Waals surface area contributed by atoms with Gasteiger partial charge in [0.1, 0.15) is 0 Å². The van der Waals surface area contributed by atoms with E-state index in [1.54, 1.807) is 26.0 Å². The largest absolute Gasteiger partial charge is 0.399 e. The quantitative estimate of drug-likeness (QED) is 0.675. The molecule has 0 fully saturated rings. The Balaban J connectivity index is 2.97. The molecule has 17 heavy (non-hydrogen) atoms. The van der Waals surface area contributed by atoms with Gasteiger partial charge in [-0.2, -0.15) is 0 Å². The van der Waals surface area contributed by atoms with Crippen molar-refractivity contribution in [3.05, 3.63) is 23.8 Å². The highest BCUT2D eigenvalue weighted by Gasteiger charge is 2.19. The van der Waals surface area contributed by atoms with Crippen molar-refractivity contribution in [1.29, 1.82) is 0 Å². The first-order chi connectivity index (χ1) is 7.86. The summed E-state index contributed by atoms with van der Waals surface area (Å²) in [5.74, 6) is 0. The van der Waals surface area contributed by atoms with Gasteiger partial charge in [-0.1, -0.05) is 0 Å². The highest BCUT2D eigenvalue weighted by molar-refractivity contribution is 7.89. The van der Waals surface area contributed by atoms with Gasteiger partial charge < -0.3 is 10.8 Å². The number of sulfonamides is 1. The van der Waals surface area contributed by atoms with Crippen molar-refractivity contribution in [2.24, 2.45) is 0 Å². The first-order valence-corrected chi connectivity index (χ1v) is 6.84. The molecule has 1 unspecified atom stereocenters. The lowest BCUT2D eigenvalue weighted by molar-refractivity contribution is 0.275. The summed E-state index contributed by atoms with van der Waals surface area (Å²) in [6.45, 7) is 3.35. The van der Waals surface area contributed by atoms with Crippen LogP contribution in [0.3, 0.4) is 0 Å². The van der Waals surface area contributed by atoms with Crippen molar-refractivity contribution >= 4 is 15.7 Å². The maximum Gasteiger partial charge on any atom is 0.241 e. The number of benzene rings is 1. The van der Waals surface area contributed by atoms with Crippen LogP contribution >= 0.6 is 0 Å². The number of hydrogen-bond donors (Lipinski definition) is 3. The maximum atomic E-state index is 12.0. The van der Waals surface area contributed by atoms with Gasteiger partial charge in [0, 0.05) is 18.3 Å². The minimum absolute atomic E-state index is 0.0512. The Kier molecular flexibility index (Phi) is 4.50. The fraction of sp³-hybridized carbons (Fsp3) is 0.455. The van der Waals surface area contributed by atoms with Gasteiger partial charge in [0.25, 0.3) is 0 Å². The number of nitrogens with one attached hydrogen (secondary N) is 1. The lowest BCUT2D eigenvalue weighted by atomic mass is 10.2. The Morgan fingerprint density at radius 3 is 2.65 bits per heavy atom. The Morgan fingerprint density at radius 1 is 1.47 bits per heavy atom. The smallest absolute Gasteiger partial charge is 0.241 e. The number of anilines is 1. The molecule has 0 saturated heterocycles. The fourth-order valence-electron chi connectivity index (χ4n) is 1.56. The summed E-state index contributed by atoms with van der Waals surface area (Å²) in [7, 11) is -3.55. The van der Waals surface area contributed by atoms with E-state index in [9.17, 15) is 8.42 Å². The molecule has 1 atom stereocenters. The highest BCUT2D eigenvalue weighted by atomic mass is 32.2. The van der Waals surface area contributed by atoms with Gasteiger partial charge >= 0.3 is 0 Å². The predicted molar refractivity (Wildman–Crippen MR) is 67.1 cm³/mol. The molecule has 0 aromatic heterocycles. The van der Waals surface area contributed by atoms with Crippen LogP contribution in [0.4, 0.5) is 5.69 Å². The van der Waals surface area contributed by atoms with Crippen LogP contribution in [0.5, 0.6) is 0 Å².